The molecule has 0 saturated heterocycles. The first-order chi connectivity index (χ1) is 13.3. The lowest BCUT2D eigenvalue weighted by atomic mass is 9.59. The van der Waals surface area contributed by atoms with Crippen LogP contribution in [0.1, 0.15) is 53.4 Å². The van der Waals surface area contributed by atoms with Gasteiger partial charge in [0.15, 0.2) is 5.78 Å². The Kier molecular flexibility index (Phi) is 4.05. The van der Waals surface area contributed by atoms with Crippen LogP contribution in [0.2, 0.25) is 0 Å². The maximum Gasteiger partial charge on any atom is 0.161 e. The molecule has 0 amide bonds. The van der Waals surface area contributed by atoms with Crippen molar-refractivity contribution in [2.24, 2.45) is 34.5 Å². The van der Waals surface area contributed by atoms with Crippen LogP contribution in [0.3, 0.4) is 0 Å². The van der Waals surface area contributed by atoms with Gasteiger partial charge in [0, 0.05) is 27.9 Å². The Morgan fingerprint density at radius 1 is 1.00 bits per heavy atom. The normalized spacial score (nSPS) is 41.2. The number of ketones is 2. The summed E-state index contributed by atoms with van der Waals surface area (Å²) < 4.78 is 0. The third-order valence-corrected chi connectivity index (χ3v) is 10.1. The number of carbonyl (C=O) groups is 2. The maximum absolute atomic E-state index is 13.7. The average molecular weight is 395 g/mol. The van der Waals surface area contributed by atoms with Crippen LogP contribution in [-0.2, 0) is 9.59 Å². The van der Waals surface area contributed by atoms with E-state index in [4.69, 9.17) is 0 Å². The van der Waals surface area contributed by atoms with Gasteiger partial charge in [-0.05, 0) is 65.7 Å². The Hall–Kier alpha value is -1.35. The third kappa shape index (κ3) is 2.35. The highest BCUT2D eigenvalue weighted by atomic mass is 32.2. The van der Waals surface area contributed by atoms with Crippen LogP contribution in [0.4, 0.5) is 0 Å². The minimum atomic E-state index is -0.452. The summed E-state index contributed by atoms with van der Waals surface area (Å²) in [6, 6.07) is 10.5. The molecule has 2 saturated carbocycles. The number of allylic oxidation sites excluding steroid dienone is 1. The number of carbonyl (C=O) groups excluding carboxylic acids is 2. The van der Waals surface area contributed by atoms with E-state index in [0.717, 1.165) is 24.8 Å². The van der Waals surface area contributed by atoms with E-state index in [9.17, 15) is 9.59 Å². The second-order valence-electron chi connectivity index (χ2n) is 10.2. The fourth-order valence-electron chi connectivity index (χ4n) is 6.99. The van der Waals surface area contributed by atoms with Gasteiger partial charge in [-0.1, -0.05) is 45.9 Å². The molecule has 4 aliphatic rings. The highest BCUT2D eigenvalue weighted by Crippen LogP contribution is 2.73. The summed E-state index contributed by atoms with van der Waals surface area (Å²) in [6.07, 6.45) is 3.63. The maximum atomic E-state index is 13.7. The van der Waals surface area contributed by atoms with Crippen LogP contribution in [-0.4, -0.2) is 16.8 Å². The van der Waals surface area contributed by atoms with Gasteiger partial charge in [-0.3, -0.25) is 9.59 Å². The molecule has 5 rings (SSSR count). The highest BCUT2D eigenvalue weighted by Gasteiger charge is 2.72. The summed E-state index contributed by atoms with van der Waals surface area (Å²) >= 11 is 1.84. The van der Waals surface area contributed by atoms with Crippen molar-refractivity contribution in [2.75, 3.05) is 0 Å². The lowest BCUT2D eigenvalue weighted by Crippen LogP contribution is -2.50. The molecule has 0 N–H and O–H groups in total. The first kappa shape index (κ1) is 18.7. The fraction of sp³-hybridized carbons (Fsp3) is 0.600. The zero-order valence-electron chi connectivity index (χ0n) is 17.3. The highest BCUT2D eigenvalue weighted by molar-refractivity contribution is 8.00. The van der Waals surface area contributed by atoms with E-state index in [1.165, 1.54) is 10.5 Å². The molecule has 0 aromatic heterocycles. The molecular weight excluding hydrogens is 364 g/mol. The predicted octanol–water partition coefficient (Wildman–Crippen LogP) is 5.71. The quantitative estimate of drug-likeness (QED) is 0.644. The summed E-state index contributed by atoms with van der Waals surface area (Å²) in [5.74, 6) is 1.81. The Bertz CT molecular complexity index is 883. The Balaban J connectivity index is 1.68. The van der Waals surface area contributed by atoms with Crippen LogP contribution in [0.15, 0.2) is 46.4 Å². The van der Waals surface area contributed by atoms with Gasteiger partial charge in [0.05, 0.1) is 0 Å². The Morgan fingerprint density at radius 2 is 1.71 bits per heavy atom. The SMILES string of the molecule is C[C@H]1C(=O)C2=C(CCC2)[C@@H](Sc2ccccc2)[C@]2(C)C(=O)C[C@H]3[C@@H]([C@@H]12)C3(C)C. The monoisotopic (exact) mass is 394 g/mol. The molecule has 3 heteroatoms. The third-order valence-electron chi connectivity index (χ3n) is 8.59. The lowest BCUT2D eigenvalue weighted by molar-refractivity contribution is -0.137. The molecular formula is C25H30O2S. The standard InChI is InChI=1S/C25H30O2S/c1-14-20-21-18(24(21,2)3)13-19(26)25(20,4)23(28-15-9-6-5-7-10-15)17-12-8-11-16(17)22(14)27/h5-7,9-10,14,18,20-21,23H,8,11-13H2,1-4H3/t14-,18+,20-,21+,23-,25-/m1/s1. The van der Waals surface area contributed by atoms with E-state index in [0.29, 0.717) is 29.8 Å². The Morgan fingerprint density at radius 3 is 2.43 bits per heavy atom. The van der Waals surface area contributed by atoms with Crippen LogP contribution in [0, 0.1) is 34.5 Å². The minimum Gasteiger partial charge on any atom is -0.299 e. The molecule has 0 unspecified atom stereocenters. The minimum absolute atomic E-state index is 0.0481. The molecule has 0 heterocycles. The molecule has 4 aliphatic carbocycles. The summed E-state index contributed by atoms with van der Waals surface area (Å²) in [4.78, 5) is 28.5. The molecule has 1 aromatic rings. The summed E-state index contributed by atoms with van der Waals surface area (Å²) in [5, 5.41) is 0.0937. The smallest absolute Gasteiger partial charge is 0.161 e. The van der Waals surface area contributed by atoms with Crippen molar-refractivity contribution in [1.29, 1.82) is 0 Å². The number of fused-ring (bicyclic) bond motifs is 3. The zero-order valence-corrected chi connectivity index (χ0v) is 18.1. The van der Waals surface area contributed by atoms with Gasteiger partial charge in [-0.2, -0.15) is 0 Å². The molecule has 0 bridgehead atoms. The second-order valence-corrected chi connectivity index (χ2v) is 11.4. The van der Waals surface area contributed by atoms with Crippen molar-refractivity contribution >= 4 is 23.3 Å². The van der Waals surface area contributed by atoms with Crippen LogP contribution in [0.5, 0.6) is 0 Å². The second kappa shape index (κ2) is 6.08. The molecule has 6 atom stereocenters. The van der Waals surface area contributed by atoms with Gasteiger partial charge in [0.25, 0.3) is 0 Å². The van der Waals surface area contributed by atoms with Gasteiger partial charge >= 0.3 is 0 Å². The van der Waals surface area contributed by atoms with Crippen LogP contribution >= 0.6 is 11.8 Å². The van der Waals surface area contributed by atoms with Crippen molar-refractivity contribution in [2.45, 2.75) is 63.5 Å². The summed E-state index contributed by atoms with van der Waals surface area (Å²) in [5.41, 5.74) is 2.09. The first-order valence-corrected chi connectivity index (χ1v) is 11.7. The van der Waals surface area contributed by atoms with E-state index in [2.05, 4.69) is 52.0 Å². The average Bonchev–Trinajstić information content (AvgIpc) is 3.03. The Labute approximate surface area is 172 Å². The fourth-order valence-corrected chi connectivity index (χ4v) is 8.51. The van der Waals surface area contributed by atoms with E-state index in [-0.39, 0.29) is 22.5 Å². The van der Waals surface area contributed by atoms with Crippen molar-refractivity contribution in [3.63, 3.8) is 0 Å². The summed E-state index contributed by atoms with van der Waals surface area (Å²) in [7, 11) is 0. The number of hydrogen-bond donors (Lipinski definition) is 0. The molecule has 1 aromatic carbocycles. The molecule has 28 heavy (non-hydrogen) atoms. The van der Waals surface area contributed by atoms with E-state index >= 15 is 0 Å². The number of benzene rings is 1. The van der Waals surface area contributed by atoms with Crippen molar-refractivity contribution in [1.82, 2.24) is 0 Å². The van der Waals surface area contributed by atoms with Gasteiger partial charge in [0.1, 0.15) is 5.78 Å². The van der Waals surface area contributed by atoms with Crippen LogP contribution in [0.25, 0.3) is 0 Å². The zero-order chi connectivity index (χ0) is 19.8. The molecule has 2 fully saturated rings. The summed E-state index contributed by atoms with van der Waals surface area (Å²) in [6.45, 7) is 8.95. The predicted molar refractivity (Wildman–Crippen MR) is 113 cm³/mol. The molecule has 0 spiro atoms. The van der Waals surface area contributed by atoms with Crippen molar-refractivity contribution in [3.05, 3.63) is 41.5 Å². The van der Waals surface area contributed by atoms with E-state index < -0.39 is 5.41 Å². The topological polar surface area (TPSA) is 34.1 Å². The largest absolute Gasteiger partial charge is 0.299 e. The number of thioether (sulfide) groups is 1. The van der Waals surface area contributed by atoms with Gasteiger partial charge < -0.3 is 0 Å². The first-order valence-electron chi connectivity index (χ1n) is 10.8. The lowest BCUT2D eigenvalue weighted by Gasteiger charge is -2.46. The molecule has 2 nitrogen and oxygen atoms in total. The number of hydrogen-bond acceptors (Lipinski definition) is 3. The van der Waals surface area contributed by atoms with Crippen molar-refractivity contribution < 1.29 is 9.59 Å². The van der Waals surface area contributed by atoms with Gasteiger partial charge in [-0.25, -0.2) is 0 Å². The number of rotatable bonds is 2. The number of Topliss-reactive ketones (excluding diaryl/α,β-unsaturated/α-hetero) is 2. The van der Waals surface area contributed by atoms with Gasteiger partial charge in [0.2, 0.25) is 0 Å². The van der Waals surface area contributed by atoms with Crippen LogP contribution < -0.4 is 0 Å². The van der Waals surface area contributed by atoms with Crippen molar-refractivity contribution in [3.8, 4) is 0 Å². The van der Waals surface area contributed by atoms with E-state index in [1.807, 2.05) is 17.8 Å². The molecule has 148 valence electrons. The molecule has 0 radical (unpaired) electrons. The van der Waals surface area contributed by atoms with Gasteiger partial charge in [-0.15, -0.1) is 11.8 Å². The van der Waals surface area contributed by atoms with E-state index in [1.54, 1.807) is 0 Å². The molecule has 0 aliphatic heterocycles.